The molecular formula is C24H36N2O6. The molecular weight excluding hydrogens is 412 g/mol. The smallest absolute Gasteiger partial charge is 0.317 e. The molecule has 2 atom stereocenters. The van der Waals surface area contributed by atoms with Gasteiger partial charge in [0.05, 0.1) is 19.7 Å². The Hall–Kier alpha value is -2.29. The molecule has 32 heavy (non-hydrogen) atoms. The quantitative estimate of drug-likeness (QED) is 0.420. The van der Waals surface area contributed by atoms with E-state index in [9.17, 15) is 29.7 Å². The number of aliphatic hydroxyl groups is 1. The number of hydrogen-bond donors (Lipinski definition) is 3. The van der Waals surface area contributed by atoms with Crippen LogP contribution in [0.1, 0.15) is 50.7 Å². The van der Waals surface area contributed by atoms with Gasteiger partial charge in [0.1, 0.15) is 5.78 Å². The molecule has 1 aromatic carbocycles. The van der Waals surface area contributed by atoms with Crippen molar-refractivity contribution in [3.8, 4) is 0 Å². The van der Waals surface area contributed by atoms with Gasteiger partial charge < -0.3 is 15.3 Å². The normalized spacial score (nSPS) is 18.9. The fraction of sp³-hybridized carbons (Fsp3) is 0.625. The summed E-state index contributed by atoms with van der Waals surface area (Å²) in [5.41, 5.74) is 2.00. The fourth-order valence-corrected chi connectivity index (χ4v) is 4.47. The number of nitrogens with zero attached hydrogens (tertiary/aromatic N) is 2. The molecule has 0 aliphatic heterocycles. The first-order chi connectivity index (χ1) is 15.2. The first-order valence-corrected chi connectivity index (χ1v) is 11.3. The average Bonchev–Trinajstić information content (AvgIpc) is 2.73. The number of carbonyl (C=O) groups excluding carboxylic acids is 1. The molecule has 1 aliphatic carbocycles. The van der Waals surface area contributed by atoms with Crippen LogP contribution in [-0.4, -0.2) is 81.2 Å². The minimum atomic E-state index is -1.05. The molecule has 178 valence electrons. The van der Waals surface area contributed by atoms with E-state index < -0.39 is 11.9 Å². The molecule has 8 heteroatoms. The largest absolute Gasteiger partial charge is 0.480 e. The summed E-state index contributed by atoms with van der Waals surface area (Å²) in [4.78, 5) is 38.4. The van der Waals surface area contributed by atoms with Crippen LogP contribution in [0, 0.1) is 5.92 Å². The van der Waals surface area contributed by atoms with E-state index in [1.165, 1.54) is 0 Å². The number of carbonyl (C=O) groups is 3. The van der Waals surface area contributed by atoms with E-state index in [-0.39, 0.29) is 43.5 Å². The Balaban J connectivity index is 2.17. The Bertz CT molecular complexity index is 748. The molecule has 8 nitrogen and oxygen atoms in total. The van der Waals surface area contributed by atoms with E-state index in [0.29, 0.717) is 19.5 Å². The van der Waals surface area contributed by atoms with Crippen LogP contribution < -0.4 is 0 Å². The van der Waals surface area contributed by atoms with Gasteiger partial charge in [-0.3, -0.25) is 24.2 Å². The van der Waals surface area contributed by atoms with E-state index >= 15 is 0 Å². The molecule has 1 aliphatic rings. The lowest BCUT2D eigenvalue weighted by Gasteiger charge is -2.44. The third-order valence-corrected chi connectivity index (χ3v) is 6.13. The molecule has 0 heterocycles. The second-order valence-corrected chi connectivity index (χ2v) is 8.92. The van der Waals surface area contributed by atoms with E-state index in [4.69, 9.17) is 0 Å². The van der Waals surface area contributed by atoms with Crippen molar-refractivity contribution in [1.29, 1.82) is 0 Å². The van der Waals surface area contributed by atoms with Crippen LogP contribution in [-0.2, 0) is 27.3 Å². The molecule has 1 fully saturated rings. The molecule has 0 aromatic heterocycles. The van der Waals surface area contributed by atoms with Crippen molar-refractivity contribution in [1.82, 2.24) is 9.80 Å². The summed E-state index contributed by atoms with van der Waals surface area (Å²) >= 11 is 0. The van der Waals surface area contributed by atoms with Gasteiger partial charge in [0.15, 0.2) is 0 Å². The van der Waals surface area contributed by atoms with E-state index in [0.717, 1.165) is 36.8 Å². The zero-order valence-corrected chi connectivity index (χ0v) is 19.1. The number of ketones is 1. The van der Waals surface area contributed by atoms with Crippen LogP contribution in [0.3, 0.4) is 0 Å². The lowest BCUT2D eigenvalue weighted by atomic mass is 9.87. The second kappa shape index (κ2) is 12.7. The Morgan fingerprint density at radius 2 is 1.41 bits per heavy atom. The highest BCUT2D eigenvalue weighted by Crippen LogP contribution is 2.28. The number of aliphatic carboxylic acids is 2. The minimum Gasteiger partial charge on any atom is -0.480 e. The van der Waals surface area contributed by atoms with Crippen molar-refractivity contribution >= 4 is 17.7 Å². The summed E-state index contributed by atoms with van der Waals surface area (Å²) in [5, 5.41) is 28.3. The van der Waals surface area contributed by atoms with Crippen molar-refractivity contribution in [3.05, 3.63) is 35.4 Å². The van der Waals surface area contributed by atoms with Gasteiger partial charge in [-0.05, 0) is 24.0 Å². The Morgan fingerprint density at radius 3 is 1.88 bits per heavy atom. The second-order valence-electron chi connectivity index (χ2n) is 8.92. The number of rotatable bonds is 13. The third kappa shape index (κ3) is 8.00. The monoisotopic (exact) mass is 448 g/mol. The molecule has 0 bridgehead atoms. The number of benzene rings is 1. The van der Waals surface area contributed by atoms with Gasteiger partial charge in [-0.2, -0.15) is 0 Å². The van der Waals surface area contributed by atoms with Crippen molar-refractivity contribution in [2.45, 2.75) is 64.6 Å². The Kier molecular flexibility index (Phi) is 10.3. The highest BCUT2D eigenvalue weighted by atomic mass is 16.4. The van der Waals surface area contributed by atoms with E-state index in [2.05, 4.69) is 4.90 Å². The molecule has 0 spiro atoms. The summed E-state index contributed by atoms with van der Waals surface area (Å²) in [5.74, 6) is -1.90. The highest BCUT2D eigenvalue weighted by Gasteiger charge is 2.35. The number of carboxylic acid groups (broad SMARTS) is 2. The van der Waals surface area contributed by atoms with Gasteiger partial charge in [0, 0.05) is 37.5 Å². The van der Waals surface area contributed by atoms with Crippen LogP contribution in [0.25, 0.3) is 0 Å². The van der Waals surface area contributed by atoms with E-state index in [1.807, 2.05) is 38.1 Å². The Labute approximate surface area is 189 Å². The molecule has 0 unspecified atom stereocenters. The van der Waals surface area contributed by atoms with Crippen LogP contribution in [0.2, 0.25) is 0 Å². The van der Waals surface area contributed by atoms with E-state index in [1.54, 1.807) is 4.90 Å². The van der Waals surface area contributed by atoms with Gasteiger partial charge in [-0.1, -0.05) is 51.0 Å². The summed E-state index contributed by atoms with van der Waals surface area (Å²) in [6.07, 6.45) is 3.85. The van der Waals surface area contributed by atoms with Crippen LogP contribution in [0.15, 0.2) is 24.3 Å². The summed E-state index contributed by atoms with van der Waals surface area (Å²) in [7, 11) is 0. The maximum atomic E-state index is 12.0. The maximum Gasteiger partial charge on any atom is 0.317 e. The fourth-order valence-electron chi connectivity index (χ4n) is 4.47. The summed E-state index contributed by atoms with van der Waals surface area (Å²) < 4.78 is 0. The van der Waals surface area contributed by atoms with Crippen LogP contribution >= 0.6 is 0 Å². The van der Waals surface area contributed by atoms with Gasteiger partial charge in [0.2, 0.25) is 0 Å². The number of carboxylic acids is 2. The van der Waals surface area contributed by atoms with Gasteiger partial charge >= 0.3 is 11.9 Å². The van der Waals surface area contributed by atoms with Crippen molar-refractivity contribution in [3.63, 3.8) is 0 Å². The standard InChI is InChI=1S/C24H36N2O6/c1-17(2)22(28)13-18-7-9-19(10-8-18)14-25(11-12-27)20-5-3-4-6-21(20)26(15-23(29)30)16-24(31)32/h7-10,17,20-21,27H,3-6,11-16H2,1-2H3,(H,29,30)(H,31,32)/t20-,21-/m0/s1. The molecule has 0 radical (unpaired) electrons. The molecule has 3 N–H and O–H groups in total. The number of hydrogen-bond acceptors (Lipinski definition) is 6. The predicted octanol–water partition coefficient (Wildman–Crippen LogP) is 2.03. The highest BCUT2D eigenvalue weighted by molar-refractivity contribution is 5.82. The minimum absolute atomic E-state index is 0.00231. The lowest BCUT2D eigenvalue weighted by Crippen LogP contribution is -2.55. The third-order valence-electron chi connectivity index (χ3n) is 6.13. The maximum absolute atomic E-state index is 12.0. The van der Waals surface area contributed by atoms with Crippen molar-refractivity contribution < 1.29 is 29.7 Å². The predicted molar refractivity (Wildman–Crippen MR) is 120 cm³/mol. The molecule has 1 saturated carbocycles. The molecule has 0 saturated heterocycles. The Morgan fingerprint density at radius 1 is 0.906 bits per heavy atom. The molecule has 0 amide bonds. The summed E-state index contributed by atoms with van der Waals surface area (Å²) in [6, 6.07) is 7.62. The SMILES string of the molecule is CC(C)C(=O)Cc1ccc(CN(CCO)[C@H]2CCCC[C@@H]2N(CC(=O)O)CC(=O)O)cc1. The first kappa shape index (κ1) is 26.0. The van der Waals surface area contributed by atoms with Gasteiger partial charge in [0.25, 0.3) is 0 Å². The molecule has 1 aromatic rings. The lowest BCUT2D eigenvalue weighted by molar-refractivity contribution is -0.144. The number of aliphatic hydroxyl groups excluding tert-OH is 1. The summed E-state index contributed by atoms with van der Waals surface area (Å²) in [6.45, 7) is 4.08. The first-order valence-electron chi connectivity index (χ1n) is 11.3. The van der Waals surface area contributed by atoms with Crippen LogP contribution in [0.4, 0.5) is 0 Å². The molecule has 2 rings (SSSR count). The topological polar surface area (TPSA) is 118 Å². The number of Topliss-reactive ketones (excluding diaryl/α,β-unsaturated/α-hetero) is 1. The zero-order chi connectivity index (χ0) is 23.7. The van der Waals surface area contributed by atoms with Crippen molar-refractivity contribution in [2.75, 3.05) is 26.2 Å². The zero-order valence-electron chi connectivity index (χ0n) is 19.1. The average molecular weight is 449 g/mol. The van der Waals surface area contributed by atoms with Crippen LogP contribution in [0.5, 0.6) is 0 Å². The van der Waals surface area contributed by atoms with Crippen molar-refractivity contribution in [2.24, 2.45) is 5.92 Å². The van der Waals surface area contributed by atoms with Gasteiger partial charge in [-0.15, -0.1) is 0 Å². The van der Waals surface area contributed by atoms with Gasteiger partial charge in [-0.25, -0.2) is 0 Å².